The van der Waals surface area contributed by atoms with Crippen LogP contribution in [0.15, 0.2) is 0 Å². The van der Waals surface area contributed by atoms with Crippen molar-refractivity contribution in [2.24, 2.45) is 5.41 Å². The summed E-state index contributed by atoms with van der Waals surface area (Å²) in [6.45, 7) is 8.66. The molecule has 2 heterocycles. The molecular weight excluding hydrogens is 248 g/mol. The smallest absolute Gasteiger partial charge is 0.0928 e. The van der Waals surface area contributed by atoms with Gasteiger partial charge in [-0.2, -0.15) is 0 Å². The van der Waals surface area contributed by atoms with Crippen molar-refractivity contribution >= 4 is 11.3 Å². The number of nitrogens with one attached hydrogen (secondary N) is 1. The predicted octanol–water partition coefficient (Wildman–Crippen LogP) is 1.67. The minimum absolute atomic E-state index is 0.0690. The van der Waals surface area contributed by atoms with Gasteiger partial charge in [-0.25, -0.2) is 4.98 Å². The molecule has 0 spiro atoms. The molecule has 1 aromatic rings. The summed E-state index contributed by atoms with van der Waals surface area (Å²) in [5.41, 5.74) is 1.06. The van der Waals surface area contributed by atoms with Crippen LogP contribution in [0, 0.1) is 12.3 Å². The molecule has 18 heavy (non-hydrogen) atoms. The molecule has 2 rings (SSSR count). The Labute approximate surface area is 112 Å². The number of nitrogens with zero attached hydrogens (tertiary/aromatic N) is 1. The summed E-state index contributed by atoms with van der Waals surface area (Å²) in [6.07, 6.45) is 0.993. The number of aliphatic hydroxyl groups is 1. The number of hydrogen-bond donors (Lipinski definition) is 2. The normalized spacial score (nSPS) is 19.6. The van der Waals surface area contributed by atoms with Gasteiger partial charge in [-0.15, -0.1) is 11.3 Å². The lowest BCUT2D eigenvalue weighted by molar-refractivity contribution is -0.135. The van der Waals surface area contributed by atoms with E-state index >= 15 is 0 Å². The molecule has 102 valence electrons. The quantitative estimate of drug-likeness (QED) is 0.825. The number of aryl methyl sites for hydroxylation is 2. The Morgan fingerprint density at radius 2 is 2.28 bits per heavy atom. The zero-order chi connectivity index (χ0) is 13.2. The third-order valence-corrected chi connectivity index (χ3v) is 4.99. The van der Waals surface area contributed by atoms with Crippen LogP contribution in [0.1, 0.15) is 35.5 Å². The number of hydrogen-bond acceptors (Lipinski definition) is 5. The maximum absolute atomic E-state index is 9.39. The average molecular weight is 270 g/mol. The van der Waals surface area contributed by atoms with Gasteiger partial charge in [0.2, 0.25) is 0 Å². The summed E-state index contributed by atoms with van der Waals surface area (Å²) in [5, 5.41) is 14.1. The third kappa shape index (κ3) is 2.74. The Kier molecular flexibility index (Phi) is 4.37. The molecule has 1 unspecified atom stereocenters. The van der Waals surface area contributed by atoms with Crippen LogP contribution >= 0.6 is 11.3 Å². The Bertz CT molecular complexity index is 396. The number of rotatable bonds is 6. The topological polar surface area (TPSA) is 54.4 Å². The van der Waals surface area contributed by atoms with Crippen LogP contribution in [0.2, 0.25) is 0 Å². The van der Waals surface area contributed by atoms with E-state index in [0.29, 0.717) is 13.2 Å². The number of thiazole rings is 1. The first-order chi connectivity index (χ1) is 8.60. The van der Waals surface area contributed by atoms with E-state index in [9.17, 15) is 5.11 Å². The Morgan fingerprint density at radius 3 is 2.72 bits per heavy atom. The lowest BCUT2D eigenvalue weighted by Gasteiger charge is -2.40. The SMILES string of the molecule is CCc1nc(C)c(C(C)NCC2(CO)COC2)s1. The van der Waals surface area contributed by atoms with Crippen molar-refractivity contribution in [2.45, 2.75) is 33.2 Å². The van der Waals surface area contributed by atoms with Crippen LogP contribution in [0.4, 0.5) is 0 Å². The number of ether oxygens (including phenoxy) is 1. The molecule has 1 aliphatic heterocycles. The van der Waals surface area contributed by atoms with E-state index in [1.807, 2.05) is 0 Å². The maximum atomic E-state index is 9.39. The zero-order valence-corrected chi connectivity index (χ0v) is 12.1. The summed E-state index contributed by atoms with van der Waals surface area (Å²) >= 11 is 1.78. The highest BCUT2D eigenvalue weighted by atomic mass is 32.1. The second-order valence-corrected chi connectivity index (χ2v) is 6.28. The average Bonchev–Trinajstić information content (AvgIpc) is 2.69. The molecule has 0 saturated carbocycles. The van der Waals surface area contributed by atoms with Gasteiger partial charge >= 0.3 is 0 Å². The van der Waals surface area contributed by atoms with E-state index in [2.05, 4.69) is 31.1 Å². The largest absolute Gasteiger partial charge is 0.396 e. The summed E-state index contributed by atoms with van der Waals surface area (Å²) < 4.78 is 5.20. The first-order valence-electron chi connectivity index (χ1n) is 6.48. The summed E-state index contributed by atoms with van der Waals surface area (Å²) in [7, 11) is 0. The summed E-state index contributed by atoms with van der Waals surface area (Å²) in [6, 6.07) is 0.284. The molecule has 5 heteroatoms. The van der Waals surface area contributed by atoms with Crippen molar-refractivity contribution in [3.8, 4) is 0 Å². The van der Waals surface area contributed by atoms with Gasteiger partial charge in [0.25, 0.3) is 0 Å². The minimum atomic E-state index is -0.0690. The molecule has 0 bridgehead atoms. The third-order valence-electron chi connectivity index (χ3n) is 3.51. The number of aromatic nitrogens is 1. The Morgan fingerprint density at radius 1 is 1.56 bits per heavy atom. The van der Waals surface area contributed by atoms with Crippen LogP contribution in [0.25, 0.3) is 0 Å². The summed E-state index contributed by atoms with van der Waals surface area (Å²) in [4.78, 5) is 5.86. The fourth-order valence-electron chi connectivity index (χ4n) is 2.12. The highest BCUT2D eigenvalue weighted by Gasteiger charge is 2.38. The van der Waals surface area contributed by atoms with Gasteiger partial charge in [0.15, 0.2) is 0 Å². The first-order valence-corrected chi connectivity index (χ1v) is 7.30. The highest BCUT2D eigenvalue weighted by Crippen LogP contribution is 2.29. The monoisotopic (exact) mass is 270 g/mol. The summed E-state index contributed by atoms with van der Waals surface area (Å²) in [5.74, 6) is 0. The zero-order valence-electron chi connectivity index (χ0n) is 11.3. The second-order valence-electron chi connectivity index (χ2n) is 5.16. The van der Waals surface area contributed by atoms with Crippen molar-refractivity contribution in [2.75, 3.05) is 26.4 Å². The van der Waals surface area contributed by atoms with E-state index in [1.165, 1.54) is 9.88 Å². The standard InChI is InChI=1S/C13H22N2O2S/c1-4-11-15-10(3)12(18-11)9(2)14-5-13(6-16)7-17-8-13/h9,14,16H,4-8H2,1-3H3. The predicted molar refractivity (Wildman–Crippen MR) is 73.0 cm³/mol. The second kappa shape index (κ2) is 5.65. The van der Waals surface area contributed by atoms with Crippen molar-refractivity contribution < 1.29 is 9.84 Å². The molecule has 1 aliphatic rings. The van der Waals surface area contributed by atoms with Gasteiger partial charge < -0.3 is 15.2 Å². The van der Waals surface area contributed by atoms with Gasteiger partial charge in [-0.1, -0.05) is 6.92 Å². The van der Waals surface area contributed by atoms with E-state index in [1.54, 1.807) is 11.3 Å². The van der Waals surface area contributed by atoms with Crippen molar-refractivity contribution in [1.82, 2.24) is 10.3 Å². The van der Waals surface area contributed by atoms with Crippen LogP contribution < -0.4 is 5.32 Å². The molecule has 1 atom stereocenters. The lowest BCUT2D eigenvalue weighted by Crippen LogP contribution is -2.52. The van der Waals surface area contributed by atoms with E-state index in [-0.39, 0.29) is 18.1 Å². The highest BCUT2D eigenvalue weighted by molar-refractivity contribution is 7.11. The number of aliphatic hydroxyl groups excluding tert-OH is 1. The van der Waals surface area contributed by atoms with E-state index in [4.69, 9.17) is 4.74 Å². The fraction of sp³-hybridized carbons (Fsp3) is 0.769. The fourth-order valence-corrected chi connectivity index (χ4v) is 3.16. The van der Waals surface area contributed by atoms with E-state index < -0.39 is 0 Å². The van der Waals surface area contributed by atoms with Crippen LogP contribution in [0.3, 0.4) is 0 Å². The Hall–Kier alpha value is -0.490. The lowest BCUT2D eigenvalue weighted by atomic mass is 9.87. The molecule has 2 N–H and O–H groups in total. The molecule has 1 fully saturated rings. The molecule has 0 amide bonds. The molecule has 0 aromatic carbocycles. The molecule has 0 aliphatic carbocycles. The van der Waals surface area contributed by atoms with E-state index in [0.717, 1.165) is 18.7 Å². The van der Waals surface area contributed by atoms with Gasteiger partial charge in [0.05, 0.1) is 35.9 Å². The minimum Gasteiger partial charge on any atom is -0.396 e. The van der Waals surface area contributed by atoms with Gasteiger partial charge in [-0.3, -0.25) is 0 Å². The first kappa shape index (κ1) is 13.9. The van der Waals surface area contributed by atoms with Crippen molar-refractivity contribution in [1.29, 1.82) is 0 Å². The van der Waals surface area contributed by atoms with Crippen molar-refractivity contribution in [3.05, 3.63) is 15.6 Å². The molecule has 1 saturated heterocycles. The molecule has 1 aromatic heterocycles. The van der Waals surface area contributed by atoms with Crippen LogP contribution in [-0.2, 0) is 11.2 Å². The van der Waals surface area contributed by atoms with Crippen LogP contribution in [-0.4, -0.2) is 36.5 Å². The molecular formula is C13H22N2O2S. The van der Waals surface area contributed by atoms with Gasteiger partial charge in [-0.05, 0) is 20.3 Å². The van der Waals surface area contributed by atoms with Gasteiger partial charge in [0.1, 0.15) is 0 Å². The molecule has 0 radical (unpaired) electrons. The van der Waals surface area contributed by atoms with Crippen molar-refractivity contribution in [3.63, 3.8) is 0 Å². The van der Waals surface area contributed by atoms with Gasteiger partial charge in [0, 0.05) is 17.5 Å². The molecule has 4 nitrogen and oxygen atoms in total. The Balaban J connectivity index is 1.94. The van der Waals surface area contributed by atoms with Crippen LogP contribution in [0.5, 0.6) is 0 Å². The maximum Gasteiger partial charge on any atom is 0.0928 e.